The summed E-state index contributed by atoms with van der Waals surface area (Å²) in [6.07, 6.45) is 1.71. The molecule has 7 heteroatoms. The van der Waals surface area contributed by atoms with Crippen molar-refractivity contribution in [2.45, 2.75) is 26.9 Å². The quantitative estimate of drug-likeness (QED) is 0.456. The Morgan fingerprint density at radius 1 is 1.10 bits per heavy atom. The van der Waals surface area contributed by atoms with Crippen LogP contribution in [0.4, 0.5) is 11.5 Å². The van der Waals surface area contributed by atoms with Crippen molar-refractivity contribution in [1.29, 1.82) is 0 Å². The maximum absolute atomic E-state index is 13.1. The largest absolute Gasteiger partial charge is 0.378 e. The standard InChI is InChI=1S/C24H27N5OS/c1-17-14-22(18(2)28(17)16-21-6-5-13-31-21)24(30)26-23-11-12-25-29(23)15-19-7-9-20(10-8-19)27(3)4/h5-14H,15-16H2,1-4H3,(H,26,30). The molecule has 0 aliphatic heterocycles. The van der Waals surface area contributed by atoms with Crippen molar-refractivity contribution in [1.82, 2.24) is 14.3 Å². The van der Waals surface area contributed by atoms with Crippen LogP contribution in [0.15, 0.2) is 60.1 Å². The van der Waals surface area contributed by atoms with E-state index in [-0.39, 0.29) is 5.91 Å². The molecular formula is C24H27N5OS. The number of aryl methyl sites for hydroxylation is 1. The van der Waals surface area contributed by atoms with Crippen LogP contribution >= 0.6 is 11.3 Å². The van der Waals surface area contributed by atoms with E-state index >= 15 is 0 Å². The number of nitrogens with one attached hydrogen (secondary N) is 1. The Labute approximate surface area is 186 Å². The van der Waals surface area contributed by atoms with Gasteiger partial charge in [-0.05, 0) is 49.1 Å². The number of hydrogen-bond acceptors (Lipinski definition) is 4. The molecule has 0 bridgehead atoms. The third kappa shape index (κ3) is 4.56. The number of carbonyl (C=O) groups is 1. The molecule has 1 N–H and O–H groups in total. The van der Waals surface area contributed by atoms with E-state index in [0.717, 1.165) is 29.2 Å². The molecule has 160 valence electrons. The summed E-state index contributed by atoms with van der Waals surface area (Å²) in [7, 11) is 4.04. The van der Waals surface area contributed by atoms with Gasteiger partial charge in [0.25, 0.3) is 5.91 Å². The highest BCUT2D eigenvalue weighted by molar-refractivity contribution is 7.09. The lowest BCUT2D eigenvalue weighted by Gasteiger charge is -2.13. The Bertz CT molecular complexity index is 1170. The van der Waals surface area contributed by atoms with Crippen LogP contribution in [0.1, 0.15) is 32.2 Å². The number of nitrogens with zero attached hydrogens (tertiary/aromatic N) is 4. The minimum absolute atomic E-state index is 0.116. The lowest BCUT2D eigenvalue weighted by atomic mass is 10.2. The zero-order valence-electron chi connectivity index (χ0n) is 18.3. The minimum Gasteiger partial charge on any atom is -0.378 e. The predicted molar refractivity (Wildman–Crippen MR) is 127 cm³/mol. The predicted octanol–water partition coefficient (Wildman–Crippen LogP) is 4.78. The molecule has 0 spiro atoms. The Morgan fingerprint density at radius 3 is 2.55 bits per heavy atom. The number of hydrogen-bond donors (Lipinski definition) is 1. The molecule has 0 saturated heterocycles. The fourth-order valence-electron chi connectivity index (χ4n) is 3.65. The van der Waals surface area contributed by atoms with Gasteiger partial charge in [-0.3, -0.25) is 4.79 Å². The molecule has 0 fully saturated rings. The number of anilines is 2. The summed E-state index contributed by atoms with van der Waals surface area (Å²) >= 11 is 1.73. The van der Waals surface area contributed by atoms with Crippen molar-refractivity contribution in [2.24, 2.45) is 0 Å². The normalized spacial score (nSPS) is 11.0. The molecule has 3 heterocycles. The molecule has 0 saturated carbocycles. The van der Waals surface area contributed by atoms with E-state index in [4.69, 9.17) is 0 Å². The van der Waals surface area contributed by atoms with Crippen LogP contribution in [-0.2, 0) is 13.1 Å². The van der Waals surface area contributed by atoms with Gasteiger partial charge in [-0.25, -0.2) is 4.68 Å². The Hall–Kier alpha value is -3.32. The summed E-state index contributed by atoms with van der Waals surface area (Å²) in [6.45, 7) is 5.41. The van der Waals surface area contributed by atoms with Crippen molar-refractivity contribution in [2.75, 3.05) is 24.3 Å². The van der Waals surface area contributed by atoms with Gasteiger partial charge in [0.1, 0.15) is 5.82 Å². The van der Waals surface area contributed by atoms with E-state index in [9.17, 15) is 4.79 Å². The maximum atomic E-state index is 13.1. The molecule has 0 aliphatic carbocycles. The summed E-state index contributed by atoms with van der Waals surface area (Å²) < 4.78 is 4.00. The Kier molecular flexibility index (Phi) is 5.95. The van der Waals surface area contributed by atoms with E-state index in [1.165, 1.54) is 4.88 Å². The van der Waals surface area contributed by atoms with Crippen molar-refractivity contribution in [3.8, 4) is 0 Å². The van der Waals surface area contributed by atoms with Gasteiger partial charge in [0, 0.05) is 42.1 Å². The van der Waals surface area contributed by atoms with Crippen molar-refractivity contribution < 1.29 is 4.79 Å². The van der Waals surface area contributed by atoms with Gasteiger partial charge >= 0.3 is 0 Å². The van der Waals surface area contributed by atoms with Crippen LogP contribution in [0.3, 0.4) is 0 Å². The molecule has 0 unspecified atom stereocenters. The molecule has 4 aromatic rings. The summed E-state index contributed by atoms with van der Waals surface area (Å²) in [6, 6.07) is 16.3. The van der Waals surface area contributed by atoms with Gasteiger partial charge in [-0.2, -0.15) is 5.10 Å². The van der Waals surface area contributed by atoms with Gasteiger partial charge in [-0.15, -0.1) is 11.3 Å². The summed E-state index contributed by atoms with van der Waals surface area (Å²) in [5.41, 5.74) is 5.01. The SMILES string of the molecule is Cc1cc(C(=O)Nc2ccnn2Cc2ccc(N(C)C)cc2)c(C)n1Cc1cccs1. The van der Waals surface area contributed by atoms with E-state index in [0.29, 0.717) is 17.9 Å². The molecule has 3 aromatic heterocycles. The third-order valence-electron chi connectivity index (χ3n) is 5.46. The number of benzene rings is 1. The zero-order valence-corrected chi connectivity index (χ0v) is 19.1. The van der Waals surface area contributed by atoms with Crippen LogP contribution in [-0.4, -0.2) is 34.4 Å². The van der Waals surface area contributed by atoms with Gasteiger partial charge < -0.3 is 14.8 Å². The van der Waals surface area contributed by atoms with E-state index in [2.05, 4.69) is 61.7 Å². The van der Waals surface area contributed by atoms with Crippen LogP contribution in [0.2, 0.25) is 0 Å². The Balaban J connectivity index is 1.49. The van der Waals surface area contributed by atoms with Crippen LogP contribution in [0.5, 0.6) is 0 Å². The first-order valence-corrected chi connectivity index (χ1v) is 11.1. The highest BCUT2D eigenvalue weighted by atomic mass is 32.1. The van der Waals surface area contributed by atoms with Gasteiger partial charge in [0.2, 0.25) is 0 Å². The highest BCUT2D eigenvalue weighted by Crippen LogP contribution is 2.21. The number of rotatable bonds is 7. The first-order valence-electron chi connectivity index (χ1n) is 10.2. The number of amides is 1. The monoisotopic (exact) mass is 433 g/mol. The second-order valence-corrected chi connectivity index (χ2v) is 8.87. The molecule has 0 atom stereocenters. The average Bonchev–Trinajstić information content (AvgIpc) is 3.47. The molecule has 4 rings (SSSR count). The second-order valence-electron chi connectivity index (χ2n) is 7.84. The molecular weight excluding hydrogens is 406 g/mol. The maximum Gasteiger partial charge on any atom is 0.258 e. The van der Waals surface area contributed by atoms with E-state index in [1.54, 1.807) is 17.5 Å². The first-order chi connectivity index (χ1) is 14.9. The smallest absolute Gasteiger partial charge is 0.258 e. The second kappa shape index (κ2) is 8.81. The summed E-state index contributed by atoms with van der Waals surface area (Å²) in [4.78, 5) is 16.4. The first kappa shape index (κ1) is 20.9. The van der Waals surface area contributed by atoms with Gasteiger partial charge in [0.05, 0.1) is 24.8 Å². The van der Waals surface area contributed by atoms with Crippen molar-refractivity contribution >= 4 is 28.7 Å². The number of aromatic nitrogens is 3. The number of thiophene rings is 1. The van der Waals surface area contributed by atoms with Crippen LogP contribution in [0, 0.1) is 13.8 Å². The van der Waals surface area contributed by atoms with Crippen molar-refractivity contribution in [3.05, 3.63) is 87.5 Å². The van der Waals surface area contributed by atoms with Gasteiger partial charge in [0.15, 0.2) is 0 Å². The molecule has 1 aromatic carbocycles. The molecule has 6 nitrogen and oxygen atoms in total. The molecule has 0 radical (unpaired) electrons. The summed E-state index contributed by atoms with van der Waals surface area (Å²) in [5.74, 6) is 0.569. The topological polar surface area (TPSA) is 55.1 Å². The fraction of sp³-hybridized carbons (Fsp3) is 0.250. The summed E-state index contributed by atoms with van der Waals surface area (Å²) in [5, 5.41) is 9.51. The lowest BCUT2D eigenvalue weighted by Crippen LogP contribution is -2.17. The highest BCUT2D eigenvalue weighted by Gasteiger charge is 2.17. The van der Waals surface area contributed by atoms with Crippen LogP contribution in [0.25, 0.3) is 0 Å². The lowest BCUT2D eigenvalue weighted by molar-refractivity contribution is 0.102. The zero-order chi connectivity index (χ0) is 22.0. The molecule has 31 heavy (non-hydrogen) atoms. The molecule has 1 amide bonds. The van der Waals surface area contributed by atoms with Crippen molar-refractivity contribution in [3.63, 3.8) is 0 Å². The molecule has 0 aliphatic rings. The van der Waals surface area contributed by atoms with Crippen LogP contribution < -0.4 is 10.2 Å². The van der Waals surface area contributed by atoms with E-state index in [1.807, 2.05) is 44.8 Å². The Morgan fingerprint density at radius 2 is 1.87 bits per heavy atom. The van der Waals surface area contributed by atoms with E-state index < -0.39 is 0 Å². The van der Waals surface area contributed by atoms with Gasteiger partial charge in [-0.1, -0.05) is 18.2 Å². The number of carbonyl (C=O) groups excluding carboxylic acids is 1. The third-order valence-corrected chi connectivity index (χ3v) is 6.32. The minimum atomic E-state index is -0.116. The fourth-order valence-corrected chi connectivity index (χ4v) is 4.35. The average molecular weight is 434 g/mol.